The largest absolute Gasteiger partial charge is 3.00 e. The molecular weight excluding hydrogens is 745 g/mol. The van der Waals surface area contributed by atoms with Crippen LogP contribution in [0.25, 0.3) is 33.8 Å². The molecule has 0 atom stereocenters. The van der Waals surface area contributed by atoms with Crippen LogP contribution in [0.3, 0.4) is 0 Å². The van der Waals surface area contributed by atoms with E-state index in [1.165, 1.54) is 0 Å². The molecule has 1 fully saturated rings. The average Bonchev–Trinajstić information content (AvgIpc) is 3.33. The van der Waals surface area contributed by atoms with Crippen LogP contribution < -0.4 is 5.46 Å². The molecule has 7 rings (SSSR count). The number of rotatable bonds is 4. The van der Waals surface area contributed by atoms with Gasteiger partial charge in [-0.3, -0.25) is 0 Å². The standard InChI is InChI=1S/C17H19BNO2.2C11H8N.Ir/c1-16(2)17(3,4)21-18(20-16)14-9-7-8-13(12-14)15-10-5-6-11-19-15;2*1-2-6-10(7-3-1)11-8-4-5-9-12-11;/h5-7,9-12H,1-4H3;2*1-6,8-9H;/q3*-1;+3. The maximum atomic E-state index is 6.08. The van der Waals surface area contributed by atoms with Crippen molar-refractivity contribution in [2.75, 3.05) is 0 Å². The molecule has 0 saturated carbocycles. The van der Waals surface area contributed by atoms with Gasteiger partial charge in [-0.1, -0.05) is 36.4 Å². The predicted molar refractivity (Wildman–Crippen MR) is 181 cm³/mol. The molecular formula is C39H35BIrN3O2. The fourth-order valence-electron chi connectivity index (χ4n) is 4.43. The van der Waals surface area contributed by atoms with E-state index in [2.05, 4.69) is 60.8 Å². The molecule has 0 spiro atoms. The molecule has 0 amide bonds. The first-order chi connectivity index (χ1) is 21.8. The molecule has 0 bridgehead atoms. The Morgan fingerprint density at radius 1 is 0.500 bits per heavy atom. The molecule has 1 aliphatic rings. The van der Waals surface area contributed by atoms with Crippen LogP contribution in [0.15, 0.2) is 140 Å². The Morgan fingerprint density at radius 2 is 0.913 bits per heavy atom. The smallest absolute Gasteiger partial charge is 0.400 e. The summed E-state index contributed by atoms with van der Waals surface area (Å²) >= 11 is 0. The van der Waals surface area contributed by atoms with Crippen molar-refractivity contribution in [3.8, 4) is 33.8 Å². The van der Waals surface area contributed by atoms with Gasteiger partial charge in [0, 0.05) is 18.6 Å². The first kappa shape index (κ1) is 34.6. The maximum Gasteiger partial charge on any atom is 3.00 e. The normalized spacial score (nSPS) is 14.0. The molecule has 46 heavy (non-hydrogen) atoms. The van der Waals surface area contributed by atoms with Gasteiger partial charge in [0.2, 0.25) is 0 Å². The summed E-state index contributed by atoms with van der Waals surface area (Å²) in [5.74, 6) is 0. The molecule has 0 unspecified atom stereocenters. The van der Waals surface area contributed by atoms with Gasteiger partial charge in [-0.05, 0) is 63.0 Å². The first-order valence-electron chi connectivity index (χ1n) is 14.9. The fourth-order valence-corrected chi connectivity index (χ4v) is 4.43. The second-order valence-electron chi connectivity index (χ2n) is 11.3. The molecule has 7 heteroatoms. The van der Waals surface area contributed by atoms with E-state index in [1.807, 2.05) is 121 Å². The van der Waals surface area contributed by atoms with E-state index in [1.54, 1.807) is 18.6 Å². The third-order valence-corrected chi connectivity index (χ3v) is 7.59. The molecule has 1 saturated heterocycles. The molecule has 3 aromatic heterocycles. The summed E-state index contributed by atoms with van der Waals surface area (Å²) in [7, 11) is -0.355. The molecule has 0 radical (unpaired) electrons. The van der Waals surface area contributed by atoms with Crippen molar-refractivity contribution in [1.29, 1.82) is 0 Å². The number of hydrogen-bond donors (Lipinski definition) is 0. The first-order valence-corrected chi connectivity index (χ1v) is 14.9. The number of aromatic nitrogens is 3. The minimum Gasteiger partial charge on any atom is -0.400 e. The zero-order valence-corrected chi connectivity index (χ0v) is 28.7. The third-order valence-electron chi connectivity index (χ3n) is 7.59. The van der Waals surface area contributed by atoms with Gasteiger partial charge in [-0.2, -0.15) is 0 Å². The third kappa shape index (κ3) is 9.15. The van der Waals surface area contributed by atoms with Gasteiger partial charge in [0.1, 0.15) is 0 Å². The van der Waals surface area contributed by atoms with Crippen LogP contribution in [-0.4, -0.2) is 33.3 Å². The summed E-state index contributed by atoms with van der Waals surface area (Å²) in [6, 6.07) is 48.6. The second kappa shape index (κ2) is 16.3. The van der Waals surface area contributed by atoms with Crippen LogP contribution in [0, 0.1) is 18.2 Å². The monoisotopic (exact) mass is 781 g/mol. The maximum absolute atomic E-state index is 6.08. The van der Waals surface area contributed by atoms with Crippen molar-refractivity contribution >= 4 is 12.6 Å². The van der Waals surface area contributed by atoms with E-state index in [0.717, 1.165) is 39.2 Å². The van der Waals surface area contributed by atoms with Gasteiger partial charge in [-0.25, -0.2) is 0 Å². The molecule has 1 aliphatic heterocycles. The minimum absolute atomic E-state index is 0. The topological polar surface area (TPSA) is 57.1 Å². The Morgan fingerprint density at radius 3 is 1.30 bits per heavy atom. The zero-order valence-electron chi connectivity index (χ0n) is 26.3. The van der Waals surface area contributed by atoms with Crippen molar-refractivity contribution in [1.82, 2.24) is 15.0 Å². The Labute approximate surface area is 286 Å². The van der Waals surface area contributed by atoms with Gasteiger partial charge in [0.05, 0.1) is 11.2 Å². The van der Waals surface area contributed by atoms with Crippen LogP contribution >= 0.6 is 0 Å². The van der Waals surface area contributed by atoms with Crippen LogP contribution in [-0.2, 0) is 29.4 Å². The molecule has 4 heterocycles. The average molecular weight is 781 g/mol. The van der Waals surface area contributed by atoms with Crippen molar-refractivity contribution in [2.24, 2.45) is 0 Å². The van der Waals surface area contributed by atoms with Gasteiger partial charge in [-0.15, -0.1) is 107 Å². The van der Waals surface area contributed by atoms with Crippen LogP contribution in [0.1, 0.15) is 27.7 Å². The number of benzene rings is 3. The molecule has 230 valence electrons. The molecule has 5 nitrogen and oxygen atoms in total. The molecule has 6 aromatic rings. The van der Waals surface area contributed by atoms with E-state index >= 15 is 0 Å². The van der Waals surface area contributed by atoms with E-state index in [0.29, 0.717) is 0 Å². The number of hydrogen-bond acceptors (Lipinski definition) is 5. The summed E-state index contributed by atoms with van der Waals surface area (Å²) in [4.78, 5) is 12.8. The van der Waals surface area contributed by atoms with E-state index in [9.17, 15) is 0 Å². The van der Waals surface area contributed by atoms with Crippen molar-refractivity contribution in [3.63, 3.8) is 0 Å². The predicted octanol–water partition coefficient (Wildman–Crippen LogP) is 7.94. The fraction of sp³-hybridized carbons (Fsp3) is 0.154. The van der Waals surface area contributed by atoms with Gasteiger partial charge < -0.3 is 24.3 Å². The Bertz CT molecular complexity index is 1580. The van der Waals surface area contributed by atoms with E-state index < -0.39 is 0 Å². The van der Waals surface area contributed by atoms with Crippen LogP contribution in [0.2, 0.25) is 0 Å². The van der Waals surface area contributed by atoms with E-state index in [-0.39, 0.29) is 38.4 Å². The number of nitrogens with zero attached hydrogens (tertiary/aromatic N) is 3. The van der Waals surface area contributed by atoms with Crippen molar-refractivity contribution < 1.29 is 29.4 Å². The quantitative estimate of drug-likeness (QED) is 0.134. The Kier molecular flexibility index (Phi) is 12.3. The van der Waals surface area contributed by atoms with Gasteiger partial charge in [0.25, 0.3) is 0 Å². The zero-order chi connectivity index (χ0) is 31.5. The number of pyridine rings is 3. The molecule has 3 aromatic carbocycles. The molecule has 0 aliphatic carbocycles. The minimum atomic E-state index is -0.355. The Balaban J connectivity index is 0.000000165. The Hall–Kier alpha value is -4.26. The molecule has 0 N–H and O–H groups in total. The van der Waals surface area contributed by atoms with Crippen molar-refractivity contribution in [2.45, 2.75) is 38.9 Å². The van der Waals surface area contributed by atoms with Crippen LogP contribution in [0.5, 0.6) is 0 Å². The van der Waals surface area contributed by atoms with Gasteiger partial charge >= 0.3 is 27.2 Å². The summed E-state index contributed by atoms with van der Waals surface area (Å²) in [6.45, 7) is 8.23. The summed E-state index contributed by atoms with van der Waals surface area (Å²) in [5.41, 5.74) is 6.20. The summed E-state index contributed by atoms with van der Waals surface area (Å²) in [6.07, 6.45) is 5.36. The SMILES string of the molecule is CC1(C)OB(c2cc[c-]c(-c3ccccn3)c2)OC1(C)C.[Ir+3].[c-]1ccccc1-c1ccccn1.[c-]1ccccc1-c1ccccn1. The van der Waals surface area contributed by atoms with E-state index in [4.69, 9.17) is 9.31 Å². The second-order valence-corrected chi connectivity index (χ2v) is 11.3. The van der Waals surface area contributed by atoms with Crippen LogP contribution in [0.4, 0.5) is 0 Å². The summed E-state index contributed by atoms with van der Waals surface area (Å²) < 4.78 is 12.2. The summed E-state index contributed by atoms with van der Waals surface area (Å²) in [5, 5.41) is 0. The van der Waals surface area contributed by atoms with Gasteiger partial charge in [0.15, 0.2) is 0 Å². The van der Waals surface area contributed by atoms with Crippen molar-refractivity contribution in [3.05, 3.63) is 158 Å².